The van der Waals surface area contributed by atoms with Gasteiger partial charge in [-0.2, -0.15) is 0 Å². The molecule has 0 radical (unpaired) electrons. The van der Waals surface area contributed by atoms with E-state index in [1.165, 1.54) is 35.5 Å². The number of fused-ring (bicyclic) bond motifs is 1. The van der Waals surface area contributed by atoms with E-state index >= 15 is 0 Å². The van der Waals surface area contributed by atoms with Crippen LogP contribution in [0.4, 0.5) is 0 Å². The van der Waals surface area contributed by atoms with Crippen LogP contribution in [0.2, 0.25) is 0 Å². The highest BCUT2D eigenvalue weighted by Gasteiger charge is 2.22. The number of rotatable bonds is 4. The standard InChI is InChI=1S/C19H21N3OS/c1-13-16(14(2)23-21-13)12-24-19-20-17-10-6-7-11-18(17)22(19)15-8-4-3-5-9-15/h3-5,8-9H,6-7,10-12H2,1-2H3. The summed E-state index contributed by atoms with van der Waals surface area (Å²) in [5.74, 6) is 1.74. The maximum Gasteiger partial charge on any atom is 0.173 e. The Morgan fingerprint density at radius 2 is 1.92 bits per heavy atom. The Labute approximate surface area is 146 Å². The number of hydrogen-bond donors (Lipinski definition) is 0. The van der Waals surface area contributed by atoms with E-state index in [2.05, 4.69) is 40.1 Å². The number of nitrogens with zero attached hydrogens (tertiary/aromatic N) is 3. The second-order valence-electron chi connectivity index (χ2n) is 6.26. The molecule has 0 amide bonds. The molecule has 4 nitrogen and oxygen atoms in total. The van der Waals surface area contributed by atoms with Crippen molar-refractivity contribution >= 4 is 11.8 Å². The first-order valence-corrected chi connectivity index (χ1v) is 9.43. The fraction of sp³-hybridized carbons (Fsp3) is 0.368. The van der Waals surface area contributed by atoms with Crippen LogP contribution < -0.4 is 0 Å². The Morgan fingerprint density at radius 1 is 1.12 bits per heavy atom. The Bertz CT molecular complexity index is 832. The SMILES string of the molecule is Cc1noc(C)c1CSc1nc2c(n1-c1ccccc1)CCCC2. The van der Waals surface area contributed by atoms with Gasteiger partial charge < -0.3 is 4.52 Å². The maximum absolute atomic E-state index is 5.29. The minimum Gasteiger partial charge on any atom is -0.361 e. The van der Waals surface area contributed by atoms with E-state index in [1.807, 2.05) is 13.8 Å². The molecule has 24 heavy (non-hydrogen) atoms. The predicted octanol–water partition coefficient (Wildman–Crippen LogP) is 4.65. The summed E-state index contributed by atoms with van der Waals surface area (Å²) in [6, 6.07) is 10.6. The van der Waals surface area contributed by atoms with Crippen LogP contribution in [0.3, 0.4) is 0 Å². The van der Waals surface area contributed by atoms with E-state index in [-0.39, 0.29) is 0 Å². The van der Waals surface area contributed by atoms with Crippen molar-refractivity contribution in [3.05, 3.63) is 58.7 Å². The van der Waals surface area contributed by atoms with Crippen LogP contribution in [-0.4, -0.2) is 14.7 Å². The van der Waals surface area contributed by atoms with E-state index in [0.717, 1.165) is 35.2 Å². The molecule has 5 heteroatoms. The molecule has 0 atom stereocenters. The van der Waals surface area contributed by atoms with Gasteiger partial charge in [-0.05, 0) is 51.7 Å². The van der Waals surface area contributed by atoms with E-state index in [0.29, 0.717) is 0 Å². The number of aryl methyl sites for hydroxylation is 3. The van der Waals surface area contributed by atoms with E-state index in [9.17, 15) is 0 Å². The molecule has 0 fully saturated rings. The second-order valence-corrected chi connectivity index (χ2v) is 7.20. The molecule has 1 aromatic carbocycles. The highest BCUT2D eigenvalue weighted by atomic mass is 32.2. The number of thioether (sulfide) groups is 1. The van der Waals surface area contributed by atoms with Crippen molar-refractivity contribution in [1.29, 1.82) is 0 Å². The fourth-order valence-electron chi connectivity index (χ4n) is 3.30. The first-order valence-electron chi connectivity index (χ1n) is 8.44. The molecule has 0 aliphatic heterocycles. The minimum absolute atomic E-state index is 0.837. The molecular formula is C19H21N3OS. The second kappa shape index (κ2) is 6.48. The van der Waals surface area contributed by atoms with Crippen LogP contribution in [-0.2, 0) is 18.6 Å². The number of para-hydroxylation sites is 1. The first kappa shape index (κ1) is 15.5. The molecule has 0 bridgehead atoms. The highest BCUT2D eigenvalue weighted by Crippen LogP contribution is 2.33. The molecule has 0 spiro atoms. The molecule has 0 saturated carbocycles. The summed E-state index contributed by atoms with van der Waals surface area (Å²) in [5.41, 5.74) is 6.01. The molecular weight excluding hydrogens is 318 g/mol. The van der Waals surface area contributed by atoms with Gasteiger partial charge in [0, 0.05) is 22.7 Å². The van der Waals surface area contributed by atoms with Crippen molar-refractivity contribution in [1.82, 2.24) is 14.7 Å². The number of imidazole rings is 1. The zero-order valence-electron chi connectivity index (χ0n) is 14.1. The smallest absolute Gasteiger partial charge is 0.173 e. The van der Waals surface area contributed by atoms with Gasteiger partial charge in [0.1, 0.15) is 5.76 Å². The lowest BCUT2D eigenvalue weighted by atomic mass is 10.0. The van der Waals surface area contributed by atoms with Gasteiger partial charge in [0.15, 0.2) is 5.16 Å². The number of benzene rings is 1. The third kappa shape index (κ3) is 2.77. The summed E-state index contributed by atoms with van der Waals surface area (Å²) >= 11 is 1.77. The molecule has 0 N–H and O–H groups in total. The summed E-state index contributed by atoms with van der Waals surface area (Å²) in [5, 5.41) is 5.14. The molecule has 3 aromatic rings. The first-order chi connectivity index (χ1) is 11.7. The summed E-state index contributed by atoms with van der Waals surface area (Å²) in [6.45, 7) is 3.98. The van der Waals surface area contributed by atoms with Gasteiger partial charge in [0.2, 0.25) is 0 Å². The molecule has 4 rings (SSSR count). The van der Waals surface area contributed by atoms with Crippen LogP contribution in [0, 0.1) is 13.8 Å². The van der Waals surface area contributed by atoms with Crippen molar-refractivity contribution < 1.29 is 4.52 Å². The predicted molar refractivity (Wildman–Crippen MR) is 95.7 cm³/mol. The van der Waals surface area contributed by atoms with E-state index in [4.69, 9.17) is 9.51 Å². The van der Waals surface area contributed by atoms with Gasteiger partial charge in [0.25, 0.3) is 0 Å². The van der Waals surface area contributed by atoms with Crippen molar-refractivity contribution in [3.8, 4) is 5.69 Å². The Balaban J connectivity index is 1.71. The van der Waals surface area contributed by atoms with Crippen molar-refractivity contribution in [2.45, 2.75) is 50.4 Å². The van der Waals surface area contributed by atoms with Gasteiger partial charge in [-0.3, -0.25) is 4.57 Å². The third-order valence-electron chi connectivity index (χ3n) is 4.64. The van der Waals surface area contributed by atoms with Gasteiger partial charge in [-0.25, -0.2) is 4.98 Å². The van der Waals surface area contributed by atoms with Crippen LogP contribution in [0.5, 0.6) is 0 Å². The summed E-state index contributed by atoms with van der Waals surface area (Å²) < 4.78 is 7.63. The zero-order valence-corrected chi connectivity index (χ0v) is 14.9. The summed E-state index contributed by atoms with van der Waals surface area (Å²) in [6.07, 6.45) is 4.70. The van der Waals surface area contributed by atoms with Crippen LogP contribution >= 0.6 is 11.8 Å². The lowest BCUT2D eigenvalue weighted by molar-refractivity contribution is 0.392. The van der Waals surface area contributed by atoms with Crippen LogP contribution in [0.15, 0.2) is 40.0 Å². The zero-order chi connectivity index (χ0) is 16.5. The normalized spacial score (nSPS) is 13.9. The van der Waals surface area contributed by atoms with Gasteiger partial charge >= 0.3 is 0 Å². The fourth-order valence-corrected chi connectivity index (χ4v) is 4.51. The van der Waals surface area contributed by atoms with Crippen molar-refractivity contribution in [2.75, 3.05) is 0 Å². The number of hydrogen-bond acceptors (Lipinski definition) is 4. The molecule has 2 aromatic heterocycles. The van der Waals surface area contributed by atoms with E-state index < -0.39 is 0 Å². The topological polar surface area (TPSA) is 43.9 Å². The summed E-state index contributed by atoms with van der Waals surface area (Å²) in [7, 11) is 0. The lowest BCUT2D eigenvalue weighted by Gasteiger charge is -2.15. The maximum atomic E-state index is 5.29. The minimum atomic E-state index is 0.837. The average molecular weight is 339 g/mol. The van der Waals surface area contributed by atoms with Crippen LogP contribution in [0.1, 0.15) is 41.2 Å². The van der Waals surface area contributed by atoms with Gasteiger partial charge in [-0.1, -0.05) is 35.1 Å². The molecule has 0 saturated heterocycles. The Morgan fingerprint density at radius 3 is 2.67 bits per heavy atom. The highest BCUT2D eigenvalue weighted by molar-refractivity contribution is 7.98. The third-order valence-corrected chi connectivity index (χ3v) is 5.61. The summed E-state index contributed by atoms with van der Waals surface area (Å²) in [4.78, 5) is 4.96. The molecule has 124 valence electrons. The largest absolute Gasteiger partial charge is 0.361 e. The van der Waals surface area contributed by atoms with Crippen molar-refractivity contribution in [2.24, 2.45) is 0 Å². The Hall–Kier alpha value is -2.01. The number of aromatic nitrogens is 3. The Kier molecular flexibility index (Phi) is 4.19. The van der Waals surface area contributed by atoms with Gasteiger partial charge in [0.05, 0.1) is 11.4 Å². The van der Waals surface area contributed by atoms with Gasteiger partial charge in [-0.15, -0.1) is 0 Å². The molecule has 1 aliphatic rings. The molecule has 0 unspecified atom stereocenters. The van der Waals surface area contributed by atoms with Crippen molar-refractivity contribution in [3.63, 3.8) is 0 Å². The quantitative estimate of drug-likeness (QED) is 0.649. The molecule has 1 aliphatic carbocycles. The molecule has 2 heterocycles. The monoisotopic (exact) mass is 339 g/mol. The average Bonchev–Trinajstić information content (AvgIpc) is 3.14. The lowest BCUT2D eigenvalue weighted by Crippen LogP contribution is -2.07. The van der Waals surface area contributed by atoms with Crippen LogP contribution in [0.25, 0.3) is 5.69 Å². The van der Waals surface area contributed by atoms with E-state index in [1.54, 1.807) is 11.8 Å².